The smallest absolute Gasteiger partial charge is 0.273 e. The Balaban J connectivity index is 1.79. The topological polar surface area (TPSA) is 72.0 Å². The number of carbonyl (C=O) groups excluding carboxylic acids is 1. The molecule has 0 bridgehead atoms. The molecule has 1 atom stereocenters. The Morgan fingerprint density at radius 2 is 1.97 bits per heavy atom. The number of hydrogen-bond acceptors (Lipinski definition) is 5. The van der Waals surface area contributed by atoms with Crippen molar-refractivity contribution in [3.05, 3.63) is 70.3 Å². The SMILES string of the molecule is CNC(=O)/C(=N/OC)c1cccc(C)c1CONC1CC(C)(C)c2ccccc21. The second-order valence-corrected chi connectivity index (χ2v) is 7.94. The lowest BCUT2D eigenvalue weighted by molar-refractivity contribution is -0.114. The van der Waals surface area contributed by atoms with Crippen LogP contribution in [0.25, 0.3) is 0 Å². The molecule has 1 unspecified atom stereocenters. The first-order chi connectivity index (χ1) is 13.9. The number of nitrogens with one attached hydrogen (secondary N) is 2. The van der Waals surface area contributed by atoms with Crippen molar-refractivity contribution in [2.45, 2.75) is 45.3 Å². The maximum Gasteiger partial charge on any atom is 0.273 e. The van der Waals surface area contributed by atoms with Crippen LogP contribution < -0.4 is 10.8 Å². The minimum Gasteiger partial charge on any atom is -0.398 e. The van der Waals surface area contributed by atoms with Gasteiger partial charge < -0.3 is 10.2 Å². The number of hydrogen-bond donors (Lipinski definition) is 2. The van der Waals surface area contributed by atoms with Gasteiger partial charge in [0, 0.05) is 12.6 Å². The van der Waals surface area contributed by atoms with Crippen LogP contribution in [-0.2, 0) is 26.5 Å². The largest absolute Gasteiger partial charge is 0.398 e. The van der Waals surface area contributed by atoms with Gasteiger partial charge in [0.15, 0.2) is 5.71 Å². The molecule has 154 valence electrons. The molecule has 1 aliphatic rings. The lowest BCUT2D eigenvalue weighted by Gasteiger charge is -2.20. The average molecular weight is 396 g/mol. The van der Waals surface area contributed by atoms with Gasteiger partial charge in [-0.2, -0.15) is 5.48 Å². The normalized spacial score (nSPS) is 17.7. The monoisotopic (exact) mass is 395 g/mol. The van der Waals surface area contributed by atoms with Gasteiger partial charge in [-0.15, -0.1) is 0 Å². The van der Waals surface area contributed by atoms with Gasteiger partial charge in [0.25, 0.3) is 5.91 Å². The fourth-order valence-electron chi connectivity index (χ4n) is 4.01. The van der Waals surface area contributed by atoms with Crippen LogP contribution in [0.5, 0.6) is 0 Å². The predicted molar refractivity (Wildman–Crippen MR) is 114 cm³/mol. The van der Waals surface area contributed by atoms with Crippen LogP contribution in [0, 0.1) is 6.92 Å². The van der Waals surface area contributed by atoms with E-state index in [0.717, 1.165) is 17.5 Å². The Hall–Kier alpha value is -2.70. The van der Waals surface area contributed by atoms with Crippen molar-refractivity contribution in [1.82, 2.24) is 10.8 Å². The van der Waals surface area contributed by atoms with E-state index >= 15 is 0 Å². The highest BCUT2D eigenvalue weighted by atomic mass is 16.6. The van der Waals surface area contributed by atoms with E-state index in [1.165, 1.54) is 18.2 Å². The second kappa shape index (κ2) is 8.76. The average Bonchev–Trinajstić information content (AvgIpc) is 2.97. The van der Waals surface area contributed by atoms with Crippen LogP contribution in [0.15, 0.2) is 47.6 Å². The van der Waals surface area contributed by atoms with Gasteiger partial charge in [0.2, 0.25) is 0 Å². The summed E-state index contributed by atoms with van der Waals surface area (Å²) < 4.78 is 0. The number of benzene rings is 2. The van der Waals surface area contributed by atoms with Gasteiger partial charge in [-0.05, 0) is 41.0 Å². The van der Waals surface area contributed by atoms with Crippen LogP contribution in [0.1, 0.15) is 54.1 Å². The summed E-state index contributed by atoms with van der Waals surface area (Å²) in [6.45, 7) is 6.80. The van der Waals surface area contributed by atoms with Gasteiger partial charge in [0.05, 0.1) is 12.6 Å². The molecular weight excluding hydrogens is 366 g/mol. The molecule has 0 saturated heterocycles. The van der Waals surface area contributed by atoms with Crippen molar-refractivity contribution in [3.63, 3.8) is 0 Å². The highest BCUT2D eigenvalue weighted by Gasteiger charge is 2.36. The van der Waals surface area contributed by atoms with E-state index in [2.05, 4.69) is 54.1 Å². The van der Waals surface area contributed by atoms with E-state index in [9.17, 15) is 4.79 Å². The first-order valence-corrected chi connectivity index (χ1v) is 9.78. The van der Waals surface area contributed by atoms with Crippen molar-refractivity contribution in [2.24, 2.45) is 5.16 Å². The van der Waals surface area contributed by atoms with E-state index < -0.39 is 0 Å². The molecule has 2 aromatic rings. The summed E-state index contributed by atoms with van der Waals surface area (Å²) in [5, 5.41) is 6.54. The molecule has 0 radical (unpaired) electrons. The molecule has 0 saturated carbocycles. The minimum absolute atomic E-state index is 0.100. The van der Waals surface area contributed by atoms with E-state index in [1.807, 2.05) is 25.1 Å². The van der Waals surface area contributed by atoms with Crippen molar-refractivity contribution in [3.8, 4) is 0 Å². The van der Waals surface area contributed by atoms with Gasteiger partial charge in [-0.3, -0.25) is 9.63 Å². The lowest BCUT2D eigenvalue weighted by atomic mass is 9.86. The molecule has 2 aromatic carbocycles. The van der Waals surface area contributed by atoms with E-state index in [-0.39, 0.29) is 23.1 Å². The Labute approximate surface area is 172 Å². The number of nitrogens with zero attached hydrogens (tertiary/aromatic N) is 1. The fraction of sp³-hybridized carbons (Fsp3) is 0.391. The number of rotatable bonds is 7. The Kier molecular flexibility index (Phi) is 6.35. The van der Waals surface area contributed by atoms with Gasteiger partial charge in [0.1, 0.15) is 7.11 Å². The van der Waals surface area contributed by atoms with Gasteiger partial charge in [-0.1, -0.05) is 61.5 Å². The molecule has 0 spiro atoms. The summed E-state index contributed by atoms with van der Waals surface area (Å²) in [5.41, 5.74) is 8.80. The summed E-state index contributed by atoms with van der Waals surface area (Å²) in [6, 6.07) is 14.3. The molecule has 3 rings (SSSR count). The predicted octanol–water partition coefficient (Wildman–Crippen LogP) is 3.54. The molecule has 1 aliphatic carbocycles. The fourth-order valence-corrected chi connectivity index (χ4v) is 4.01. The molecule has 2 N–H and O–H groups in total. The highest BCUT2D eigenvalue weighted by molar-refractivity contribution is 6.45. The van der Waals surface area contributed by atoms with Crippen molar-refractivity contribution in [2.75, 3.05) is 14.2 Å². The molecule has 0 aromatic heterocycles. The number of carbonyl (C=O) groups is 1. The van der Waals surface area contributed by atoms with Crippen molar-refractivity contribution in [1.29, 1.82) is 0 Å². The third kappa shape index (κ3) is 4.33. The standard InChI is InChI=1S/C23H29N3O3/c1-15-9-8-11-16(21(26-28-5)22(27)24-4)18(15)14-29-25-20-13-23(2,3)19-12-7-6-10-17(19)20/h6-12,20,25H,13-14H2,1-5H3,(H,24,27)/b26-21+. The number of hydroxylamine groups is 1. The first-order valence-electron chi connectivity index (χ1n) is 9.78. The molecule has 1 amide bonds. The Morgan fingerprint density at radius 3 is 2.69 bits per heavy atom. The van der Waals surface area contributed by atoms with Crippen LogP contribution in [0.3, 0.4) is 0 Å². The zero-order valence-corrected chi connectivity index (χ0v) is 17.7. The summed E-state index contributed by atoms with van der Waals surface area (Å²) in [5.74, 6) is -0.307. The molecular formula is C23H29N3O3. The number of likely N-dealkylation sites (N-methyl/N-ethyl adjacent to an activating group) is 1. The van der Waals surface area contributed by atoms with Crippen LogP contribution in [0.2, 0.25) is 0 Å². The molecule has 29 heavy (non-hydrogen) atoms. The maximum atomic E-state index is 12.3. The first kappa shape index (κ1) is 21.0. The third-order valence-electron chi connectivity index (χ3n) is 5.51. The maximum absolute atomic E-state index is 12.3. The van der Waals surface area contributed by atoms with Crippen LogP contribution in [0.4, 0.5) is 0 Å². The van der Waals surface area contributed by atoms with E-state index in [1.54, 1.807) is 7.05 Å². The lowest BCUT2D eigenvalue weighted by Crippen LogP contribution is -2.30. The minimum atomic E-state index is -0.307. The highest BCUT2D eigenvalue weighted by Crippen LogP contribution is 2.44. The quantitative estimate of drug-likeness (QED) is 0.556. The van der Waals surface area contributed by atoms with Crippen molar-refractivity contribution < 1.29 is 14.5 Å². The third-order valence-corrected chi connectivity index (χ3v) is 5.51. The zero-order chi connectivity index (χ0) is 21.0. The van der Waals surface area contributed by atoms with Crippen LogP contribution in [-0.4, -0.2) is 25.8 Å². The zero-order valence-electron chi connectivity index (χ0n) is 17.7. The number of aryl methyl sites for hydroxylation is 1. The Bertz CT molecular complexity index is 921. The van der Waals surface area contributed by atoms with E-state index in [4.69, 9.17) is 9.68 Å². The summed E-state index contributed by atoms with van der Waals surface area (Å²) in [7, 11) is 3.00. The second-order valence-electron chi connectivity index (χ2n) is 7.94. The summed E-state index contributed by atoms with van der Waals surface area (Å²) in [6.07, 6.45) is 0.960. The molecule has 6 heteroatoms. The number of oxime groups is 1. The van der Waals surface area contributed by atoms with Gasteiger partial charge >= 0.3 is 0 Å². The number of fused-ring (bicyclic) bond motifs is 1. The summed E-state index contributed by atoms with van der Waals surface area (Å²) in [4.78, 5) is 23.1. The Morgan fingerprint density at radius 1 is 1.21 bits per heavy atom. The van der Waals surface area contributed by atoms with E-state index in [0.29, 0.717) is 12.2 Å². The molecule has 6 nitrogen and oxygen atoms in total. The van der Waals surface area contributed by atoms with Crippen molar-refractivity contribution >= 4 is 11.6 Å². The summed E-state index contributed by atoms with van der Waals surface area (Å²) >= 11 is 0. The molecule has 0 fully saturated rings. The molecule has 0 aliphatic heterocycles. The van der Waals surface area contributed by atoms with Gasteiger partial charge in [-0.25, -0.2) is 0 Å². The number of amides is 1. The molecule has 0 heterocycles. The van der Waals surface area contributed by atoms with Crippen LogP contribution >= 0.6 is 0 Å².